The lowest BCUT2D eigenvalue weighted by molar-refractivity contribution is -0.130. The van der Waals surface area contributed by atoms with Crippen LogP contribution in [0.15, 0.2) is 48.5 Å². The van der Waals surface area contributed by atoms with Gasteiger partial charge in [0.15, 0.2) is 0 Å². The van der Waals surface area contributed by atoms with E-state index in [1.165, 1.54) is 0 Å². The minimum absolute atomic E-state index is 0.109. The molecule has 0 aliphatic rings. The molecule has 2 rings (SSSR count). The Balaban J connectivity index is 2.27. The van der Waals surface area contributed by atoms with Crippen LogP contribution in [-0.4, -0.2) is 31.0 Å². The van der Waals surface area contributed by atoms with Crippen LogP contribution in [0.1, 0.15) is 70.1 Å². The van der Waals surface area contributed by atoms with Gasteiger partial charge < -0.3 is 4.90 Å². The molecule has 0 saturated carbocycles. The Kier molecular flexibility index (Phi) is 8.07. The molecular formula is C24H34N2O3S. The zero-order valence-electron chi connectivity index (χ0n) is 18.8. The molecule has 0 aliphatic heterocycles. The summed E-state index contributed by atoms with van der Waals surface area (Å²) in [6.45, 7) is 12.3. The summed E-state index contributed by atoms with van der Waals surface area (Å²) in [5.41, 5.74) is 3.44. The average molecular weight is 431 g/mol. The second-order valence-corrected chi connectivity index (χ2v) is 10.3. The lowest BCUT2D eigenvalue weighted by Crippen LogP contribution is -2.41. The molecule has 0 radical (unpaired) electrons. The van der Waals surface area contributed by atoms with Gasteiger partial charge in [-0.15, -0.1) is 0 Å². The maximum Gasteiger partial charge on any atom is 0.241 e. The third-order valence-corrected chi connectivity index (χ3v) is 6.23. The summed E-state index contributed by atoms with van der Waals surface area (Å²) >= 11 is 0. The van der Waals surface area contributed by atoms with Crippen LogP contribution in [-0.2, 0) is 21.4 Å². The van der Waals surface area contributed by atoms with Crippen molar-refractivity contribution >= 4 is 21.6 Å². The van der Waals surface area contributed by atoms with Crippen LogP contribution < -0.4 is 4.72 Å². The maximum absolute atomic E-state index is 13.0. The fourth-order valence-corrected chi connectivity index (χ4v) is 4.55. The normalized spacial score (nSPS) is 11.9. The van der Waals surface area contributed by atoms with E-state index in [-0.39, 0.29) is 17.9 Å². The molecule has 30 heavy (non-hydrogen) atoms. The fourth-order valence-electron chi connectivity index (χ4n) is 3.44. The highest BCUT2D eigenvalue weighted by molar-refractivity contribution is 7.93. The summed E-state index contributed by atoms with van der Waals surface area (Å²) in [5, 5.41) is 0. The third kappa shape index (κ3) is 6.33. The highest BCUT2D eigenvalue weighted by atomic mass is 32.2. The van der Waals surface area contributed by atoms with Crippen LogP contribution in [0.25, 0.3) is 0 Å². The van der Waals surface area contributed by atoms with Crippen molar-refractivity contribution in [3.05, 3.63) is 65.2 Å². The summed E-state index contributed by atoms with van der Waals surface area (Å²) in [5.74, 6) is -0.679. The molecule has 0 fully saturated rings. The Hall–Kier alpha value is -2.34. The Morgan fingerprint density at radius 1 is 0.867 bits per heavy atom. The van der Waals surface area contributed by atoms with Crippen LogP contribution >= 0.6 is 0 Å². The predicted octanol–water partition coefficient (Wildman–Crippen LogP) is 5.11. The van der Waals surface area contributed by atoms with E-state index in [9.17, 15) is 13.2 Å². The molecule has 1 amide bonds. The smallest absolute Gasteiger partial charge is 0.241 e. The number of hydrogen-bond acceptors (Lipinski definition) is 3. The molecule has 2 aromatic rings. The number of carbonyl (C=O) groups excluding carboxylic acids is 1. The minimum Gasteiger partial charge on any atom is -0.335 e. The van der Waals surface area contributed by atoms with Gasteiger partial charge in [0.05, 0.1) is 5.69 Å². The first-order valence-electron chi connectivity index (χ1n) is 10.5. The lowest BCUT2D eigenvalue weighted by Gasteiger charge is -2.27. The molecule has 0 unspecified atom stereocenters. The first-order valence-corrected chi connectivity index (χ1v) is 12.1. The molecule has 0 atom stereocenters. The van der Waals surface area contributed by atoms with E-state index in [0.717, 1.165) is 16.7 Å². The molecule has 0 spiro atoms. The van der Waals surface area contributed by atoms with Gasteiger partial charge in [-0.25, -0.2) is 8.42 Å². The highest BCUT2D eigenvalue weighted by Crippen LogP contribution is 2.33. The number of hydrogen-bond donors (Lipinski definition) is 1. The first kappa shape index (κ1) is 23.9. The average Bonchev–Trinajstić information content (AvgIpc) is 2.65. The van der Waals surface area contributed by atoms with Crippen molar-refractivity contribution in [2.45, 2.75) is 66.0 Å². The number of amides is 1. The highest BCUT2D eigenvalue weighted by Gasteiger charge is 2.26. The molecule has 0 bridgehead atoms. The number of anilines is 1. The monoisotopic (exact) mass is 430 g/mol. The van der Waals surface area contributed by atoms with Crippen molar-refractivity contribution in [1.29, 1.82) is 0 Å². The van der Waals surface area contributed by atoms with Gasteiger partial charge in [0.25, 0.3) is 0 Å². The molecule has 0 aromatic heterocycles. The van der Waals surface area contributed by atoms with Gasteiger partial charge in [-0.2, -0.15) is 0 Å². The van der Waals surface area contributed by atoms with Crippen molar-refractivity contribution in [1.82, 2.24) is 4.90 Å². The molecule has 0 saturated heterocycles. The molecule has 0 heterocycles. The predicted molar refractivity (Wildman–Crippen MR) is 124 cm³/mol. The first-order chi connectivity index (χ1) is 14.0. The van der Waals surface area contributed by atoms with Crippen molar-refractivity contribution in [2.75, 3.05) is 10.5 Å². The molecule has 2 aromatic carbocycles. The van der Waals surface area contributed by atoms with Gasteiger partial charge in [0, 0.05) is 12.6 Å². The minimum atomic E-state index is -3.86. The van der Waals surface area contributed by atoms with E-state index in [1.807, 2.05) is 90.1 Å². The number of nitrogens with zero attached hydrogens (tertiary/aromatic N) is 1. The Morgan fingerprint density at radius 2 is 1.40 bits per heavy atom. The van der Waals surface area contributed by atoms with Gasteiger partial charge in [-0.3, -0.25) is 9.52 Å². The van der Waals surface area contributed by atoms with Crippen LogP contribution in [0, 0.1) is 0 Å². The molecular weight excluding hydrogens is 396 g/mol. The fraction of sp³-hybridized carbons (Fsp3) is 0.458. The third-order valence-electron chi connectivity index (χ3n) is 5.08. The van der Waals surface area contributed by atoms with E-state index in [1.54, 1.807) is 4.90 Å². The van der Waals surface area contributed by atoms with Gasteiger partial charge in [0.2, 0.25) is 15.9 Å². The summed E-state index contributed by atoms with van der Waals surface area (Å²) in [7, 11) is -3.86. The molecule has 5 nitrogen and oxygen atoms in total. The standard InChI is InChI=1S/C24H34N2O3S/c1-17(2)21-13-10-14-22(18(3)4)24(21)25-30(28,29)16-23(27)26(19(5)6)15-20-11-8-7-9-12-20/h7-14,17-19,25H,15-16H2,1-6H3. The zero-order valence-corrected chi connectivity index (χ0v) is 19.7. The van der Waals surface area contributed by atoms with Crippen LogP contribution in [0.3, 0.4) is 0 Å². The Labute approximate surface area is 181 Å². The number of nitrogens with one attached hydrogen (secondary N) is 1. The summed E-state index contributed by atoms with van der Waals surface area (Å²) in [6, 6.07) is 15.3. The van der Waals surface area contributed by atoms with Gasteiger partial charge in [-0.05, 0) is 42.4 Å². The SMILES string of the molecule is CC(C)c1cccc(C(C)C)c1NS(=O)(=O)CC(=O)N(Cc1ccccc1)C(C)C. The van der Waals surface area contributed by atoms with E-state index in [4.69, 9.17) is 0 Å². The lowest BCUT2D eigenvalue weighted by atomic mass is 9.93. The number of para-hydroxylation sites is 1. The molecule has 0 aliphatic carbocycles. The van der Waals surface area contributed by atoms with E-state index in [2.05, 4.69) is 4.72 Å². The number of rotatable bonds is 9. The van der Waals surface area contributed by atoms with Crippen molar-refractivity contribution in [3.8, 4) is 0 Å². The van der Waals surface area contributed by atoms with E-state index < -0.39 is 21.7 Å². The summed E-state index contributed by atoms with van der Waals surface area (Å²) < 4.78 is 28.7. The second kappa shape index (κ2) is 10.1. The largest absolute Gasteiger partial charge is 0.335 e. The van der Waals surface area contributed by atoms with Crippen molar-refractivity contribution < 1.29 is 13.2 Å². The Morgan fingerprint density at radius 3 is 1.87 bits per heavy atom. The Bertz CT molecular complexity index is 925. The van der Waals surface area contributed by atoms with Crippen molar-refractivity contribution in [3.63, 3.8) is 0 Å². The van der Waals surface area contributed by atoms with E-state index >= 15 is 0 Å². The second-order valence-electron chi connectivity index (χ2n) is 8.58. The van der Waals surface area contributed by atoms with Gasteiger partial charge in [-0.1, -0.05) is 76.2 Å². The maximum atomic E-state index is 13.0. The topological polar surface area (TPSA) is 66.5 Å². The summed E-state index contributed by atoms with van der Waals surface area (Å²) in [6.07, 6.45) is 0. The number of carbonyl (C=O) groups is 1. The van der Waals surface area contributed by atoms with Crippen molar-refractivity contribution in [2.24, 2.45) is 0 Å². The van der Waals surface area contributed by atoms with Crippen LogP contribution in [0.5, 0.6) is 0 Å². The quantitative estimate of drug-likeness (QED) is 0.601. The molecule has 164 valence electrons. The van der Waals surface area contributed by atoms with Gasteiger partial charge >= 0.3 is 0 Å². The number of benzene rings is 2. The summed E-state index contributed by atoms with van der Waals surface area (Å²) in [4.78, 5) is 14.5. The number of sulfonamides is 1. The van der Waals surface area contributed by atoms with Gasteiger partial charge in [0.1, 0.15) is 5.75 Å². The zero-order chi connectivity index (χ0) is 22.5. The van der Waals surface area contributed by atoms with E-state index in [0.29, 0.717) is 12.2 Å². The van der Waals surface area contributed by atoms with Crippen LogP contribution in [0.4, 0.5) is 5.69 Å². The molecule has 6 heteroatoms. The molecule has 1 N–H and O–H groups in total. The van der Waals surface area contributed by atoms with Crippen LogP contribution in [0.2, 0.25) is 0 Å².